The van der Waals surface area contributed by atoms with Gasteiger partial charge in [0.1, 0.15) is 11.5 Å². The molecule has 0 saturated heterocycles. The van der Waals surface area contributed by atoms with E-state index in [-0.39, 0.29) is 17.3 Å². The fourth-order valence-electron chi connectivity index (χ4n) is 3.30. The zero-order valence-corrected chi connectivity index (χ0v) is 18.9. The lowest BCUT2D eigenvalue weighted by atomic mass is 10.1. The van der Waals surface area contributed by atoms with E-state index in [9.17, 15) is 22.4 Å². The molecular weight excluding hydrogens is 447 g/mol. The third kappa shape index (κ3) is 4.67. The fourth-order valence-corrected chi connectivity index (χ4v) is 4.30. The number of fused-ring (bicyclic) bond motifs is 1. The molecule has 1 aliphatic rings. The number of halogens is 1. The van der Waals surface area contributed by atoms with Crippen molar-refractivity contribution in [2.24, 2.45) is 0 Å². The van der Waals surface area contributed by atoms with Crippen LogP contribution in [0.1, 0.15) is 28.8 Å². The summed E-state index contributed by atoms with van der Waals surface area (Å²) in [6.45, 7) is 0. The van der Waals surface area contributed by atoms with E-state index >= 15 is 0 Å². The zero-order valence-electron chi connectivity index (χ0n) is 18.1. The molecule has 33 heavy (non-hydrogen) atoms. The standard InChI is InChI=1S/C23H23FN4O4S/c1-27(2)33(31,32)28-14-15(17-7-4-6-10-21(17)28)13-20(23(30)25-16-11-12-16)26-22(29)18-8-3-5-9-19(18)24/h3-10,13-14,16H,11-12H2,1-2H3,(H,25,30)(H,26,29). The Kier molecular flexibility index (Phi) is 6.05. The van der Waals surface area contributed by atoms with Crippen LogP contribution in [0.3, 0.4) is 0 Å². The molecule has 1 heterocycles. The maximum Gasteiger partial charge on any atom is 0.307 e. The van der Waals surface area contributed by atoms with Gasteiger partial charge in [0.25, 0.3) is 11.8 Å². The minimum Gasteiger partial charge on any atom is -0.348 e. The second-order valence-corrected chi connectivity index (χ2v) is 9.95. The number of hydrogen-bond acceptors (Lipinski definition) is 4. The van der Waals surface area contributed by atoms with Crippen LogP contribution in [0.4, 0.5) is 4.39 Å². The van der Waals surface area contributed by atoms with Gasteiger partial charge in [-0.2, -0.15) is 12.7 Å². The van der Waals surface area contributed by atoms with E-state index in [0.29, 0.717) is 16.5 Å². The van der Waals surface area contributed by atoms with Gasteiger partial charge in [-0.25, -0.2) is 8.36 Å². The number of benzene rings is 2. The first-order valence-corrected chi connectivity index (χ1v) is 11.7. The zero-order chi connectivity index (χ0) is 23.8. The SMILES string of the molecule is CN(C)S(=O)(=O)n1cc(C=C(NC(=O)c2ccccc2F)C(=O)NC2CC2)c2ccccc21. The summed E-state index contributed by atoms with van der Waals surface area (Å²) in [7, 11) is -0.997. The summed E-state index contributed by atoms with van der Waals surface area (Å²) in [6, 6.07) is 12.3. The summed E-state index contributed by atoms with van der Waals surface area (Å²) in [6.07, 6.45) is 4.46. The third-order valence-corrected chi connectivity index (χ3v) is 6.96. The first kappa shape index (κ1) is 22.7. The fraction of sp³-hybridized carbons (Fsp3) is 0.217. The van der Waals surface area contributed by atoms with Crippen molar-refractivity contribution in [3.05, 3.63) is 77.4 Å². The lowest BCUT2D eigenvalue weighted by molar-refractivity contribution is -0.117. The topological polar surface area (TPSA) is 101 Å². The molecule has 2 N–H and O–H groups in total. The number of hydrogen-bond donors (Lipinski definition) is 2. The van der Waals surface area contributed by atoms with Crippen LogP contribution in [0.25, 0.3) is 17.0 Å². The molecule has 1 aromatic heterocycles. The van der Waals surface area contributed by atoms with Gasteiger partial charge in [0.2, 0.25) is 0 Å². The normalized spacial score (nSPS) is 14.5. The molecule has 0 aliphatic heterocycles. The lowest BCUT2D eigenvalue weighted by Gasteiger charge is -2.13. The molecule has 172 valence electrons. The van der Waals surface area contributed by atoms with Crippen LogP contribution in [0.15, 0.2) is 60.4 Å². The highest BCUT2D eigenvalue weighted by Gasteiger charge is 2.27. The van der Waals surface area contributed by atoms with Crippen molar-refractivity contribution in [3.63, 3.8) is 0 Å². The molecule has 0 atom stereocenters. The first-order chi connectivity index (χ1) is 15.7. The summed E-state index contributed by atoms with van der Waals surface area (Å²) in [5, 5.41) is 5.86. The number of aromatic nitrogens is 1. The highest BCUT2D eigenvalue weighted by atomic mass is 32.2. The average Bonchev–Trinajstić information content (AvgIpc) is 3.52. The molecule has 1 saturated carbocycles. The second kappa shape index (κ2) is 8.80. The molecule has 0 unspecified atom stereocenters. The maximum atomic E-state index is 14.1. The molecule has 8 nitrogen and oxygen atoms in total. The predicted molar refractivity (Wildman–Crippen MR) is 123 cm³/mol. The van der Waals surface area contributed by atoms with Crippen LogP contribution in [0.2, 0.25) is 0 Å². The van der Waals surface area contributed by atoms with E-state index in [1.807, 2.05) is 0 Å². The Balaban J connectivity index is 1.80. The number of rotatable bonds is 7. The molecule has 1 fully saturated rings. The maximum absolute atomic E-state index is 14.1. The summed E-state index contributed by atoms with van der Waals surface area (Å²) in [4.78, 5) is 25.6. The molecule has 1 aliphatic carbocycles. The monoisotopic (exact) mass is 470 g/mol. The van der Waals surface area contributed by atoms with E-state index < -0.39 is 27.8 Å². The number of carbonyl (C=O) groups is 2. The van der Waals surface area contributed by atoms with E-state index in [2.05, 4.69) is 10.6 Å². The van der Waals surface area contributed by atoms with Gasteiger partial charge in [-0.05, 0) is 37.1 Å². The average molecular weight is 471 g/mol. The largest absolute Gasteiger partial charge is 0.348 e. The van der Waals surface area contributed by atoms with Gasteiger partial charge >= 0.3 is 10.2 Å². The third-order valence-electron chi connectivity index (χ3n) is 5.24. The number of carbonyl (C=O) groups excluding carboxylic acids is 2. The quantitative estimate of drug-likeness (QED) is 0.518. The summed E-state index contributed by atoms with van der Waals surface area (Å²) >= 11 is 0. The van der Waals surface area contributed by atoms with E-state index in [1.165, 1.54) is 44.6 Å². The van der Waals surface area contributed by atoms with Gasteiger partial charge in [0.15, 0.2) is 0 Å². The molecule has 0 radical (unpaired) electrons. The summed E-state index contributed by atoms with van der Waals surface area (Å²) < 4.78 is 41.9. The lowest BCUT2D eigenvalue weighted by Crippen LogP contribution is -2.36. The highest BCUT2D eigenvalue weighted by Crippen LogP contribution is 2.26. The minimum absolute atomic E-state index is 0.0155. The van der Waals surface area contributed by atoms with Crippen molar-refractivity contribution >= 4 is 39.0 Å². The Bertz CT molecular complexity index is 1370. The molecule has 10 heteroatoms. The van der Waals surface area contributed by atoms with Crippen molar-refractivity contribution in [1.29, 1.82) is 0 Å². The Morgan fingerprint density at radius 2 is 1.76 bits per heavy atom. The molecule has 2 aromatic carbocycles. The first-order valence-electron chi connectivity index (χ1n) is 10.3. The van der Waals surface area contributed by atoms with Crippen LogP contribution in [0, 0.1) is 5.82 Å². The van der Waals surface area contributed by atoms with Crippen LogP contribution in [-0.2, 0) is 15.0 Å². The summed E-state index contributed by atoms with van der Waals surface area (Å²) in [5.74, 6) is -2.03. The van der Waals surface area contributed by atoms with Gasteiger partial charge in [0, 0.05) is 37.3 Å². The Hall–Kier alpha value is -3.50. The Morgan fingerprint density at radius 3 is 2.42 bits per heavy atom. The smallest absolute Gasteiger partial charge is 0.307 e. The molecule has 0 bridgehead atoms. The molecule has 3 aromatic rings. The van der Waals surface area contributed by atoms with E-state index in [1.54, 1.807) is 24.3 Å². The number of nitrogens with one attached hydrogen (secondary N) is 2. The van der Waals surface area contributed by atoms with Crippen molar-refractivity contribution in [1.82, 2.24) is 18.9 Å². The van der Waals surface area contributed by atoms with Crippen LogP contribution in [0.5, 0.6) is 0 Å². The second-order valence-electron chi connectivity index (χ2n) is 7.93. The van der Waals surface area contributed by atoms with E-state index in [4.69, 9.17) is 0 Å². The number of amides is 2. The van der Waals surface area contributed by atoms with Crippen LogP contribution in [-0.4, -0.2) is 48.6 Å². The minimum atomic E-state index is -3.84. The van der Waals surface area contributed by atoms with Gasteiger partial charge < -0.3 is 10.6 Å². The van der Waals surface area contributed by atoms with Gasteiger partial charge in [-0.15, -0.1) is 0 Å². The Labute approximate surface area is 190 Å². The van der Waals surface area contributed by atoms with Crippen molar-refractivity contribution in [2.45, 2.75) is 18.9 Å². The van der Waals surface area contributed by atoms with Crippen LogP contribution < -0.4 is 10.6 Å². The van der Waals surface area contributed by atoms with Crippen molar-refractivity contribution < 1.29 is 22.4 Å². The Morgan fingerprint density at radius 1 is 1.09 bits per heavy atom. The van der Waals surface area contributed by atoms with E-state index in [0.717, 1.165) is 27.2 Å². The molecule has 4 rings (SSSR count). The number of nitrogens with zero attached hydrogens (tertiary/aromatic N) is 2. The predicted octanol–water partition coefficient (Wildman–Crippen LogP) is 2.48. The number of para-hydroxylation sites is 1. The van der Waals surface area contributed by atoms with Crippen molar-refractivity contribution in [2.75, 3.05) is 14.1 Å². The van der Waals surface area contributed by atoms with Gasteiger partial charge in [0.05, 0.1) is 11.1 Å². The van der Waals surface area contributed by atoms with Gasteiger partial charge in [-0.3, -0.25) is 9.59 Å². The summed E-state index contributed by atoms with van der Waals surface area (Å²) in [5.41, 5.74) is 0.506. The molecule has 2 amide bonds. The van der Waals surface area contributed by atoms with Crippen LogP contribution >= 0.6 is 0 Å². The van der Waals surface area contributed by atoms with Crippen molar-refractivity contribution in [3.8, 4) is 0 Å². The van der Waals surface area contributed by atoms with Gasteiger partial charge in [-0.1, -0.05) is 30.3 Å². The molecular formula is C23H23FN4O4S. The highest BCUT2D eigenvalue weighted by molar-refractivity contribution is 7.87. The molecule has 0 spiro atoms.